The van der Waals surface area contributed by atoms with Crippen molar-refractivity contribution in [1.29, 1.82) is 0 Å². The van der Waals surface area contributed by atoms with Crippen LogP contribution in [-0.2, 0) is 25.3 Å². The largest absolute Gasteiger partial charge is 0.497 e. The number of carboxylic acid groups (broad SMARTS) is 1. The highest BCUT2D eigenvalue weighted by Crippen LogP contribution is 2.37. The van der Waals surface area contributed by atoms with Gasteiger partial charge in [-0.25, -0.2) is 0 Å². The van der Waals surface area contributed by atoms with Gasteiger partial charge in [-0.3, -0.25) is 4.79 Å². The van der Waals surface area contributed by atoms with Crippen molar-refractivity contribution in [2.45, 2.75) is 95.4 Å². The molecule has 46 heavy (non-hydrogen) atoms. The summed E-state index contributed by atoms with van der Waals surface area (Å²) in [5.74, 6) is -0.226. The number of ether oxygens (including phenoxy) is 3. The highest BCUT2D eigenvalue weighted by Gasteiger charge is 2.50. The highest BCUT2D eigenvalue weighted by molar-refractivity contribution is 6.99. The first-order valence-corrected chi connectivity index (χ1v) is 18.1. The van der Waals surface area contributed by atoms with Gasteiger partial charge in [0.1, 0.15) is 5.75 Å². The van der Waals surface area contributed by atoms with E-state index in [0.29, 0.717) is 38.9 Å². The molecule has 0 aromatic heterocycles. The predicted molar refractivity (Wildman–Crippen MR) is 184 cm³/mol. The molecule has 1 heterocycles. The third-order valence-corrected chi connectivity index (χ3v) is 13.8. The van der Waals surface area contributed by atoms with Crippen molar-refractivity contribution < 1.29 is 33.6 Å². The van der Waals surface area contributed by atoms with Crippen LogP contribution in [0.4, 0.5) is 0 Å². The van der Waals surface area contributed by atoms with Crippen LogP contribution >= 0.6 is 0 Å². The maximum absolute atomic E-state index is 11.1. The summed E-state index contributed by atoms with van der Waals surface area (Å²) in [4.78, 5) is 11.1. The van der Waals surface area contributed by atoms with E-state index in [9.17, 15) is 9.90 Å². The van der Waals surface area contributed by atoms with E-state index in [1.165, 1.54) is 10.4 Å². The van der Waals surface area contributed by atoms with Crippen LogP contribution in [0.5, 0.6) is 5.75 Å². The molecule has 2 N–H and O–H groups in total. The lowest BCUT2D eigenvalue weighted by atomic mass is 9.92. The first-order valence-electron chi connectivity index (χ1n) is 16.2. The number of rotatable bonds is 16. The van der Waals surface area contributed by atoms with Gasteiger partial charge in [-0.15, -0.1) is 0 Å². The molecular weight excluding hydrogens is 596 g/mol. The van der Waals surface area contributed by atoms with Crippen LogP contribution in [0.25, 0.3) is 0 Å². The molecule has 7 nitrogen and oxygen atoms in total. The van der Waals surface area contributed by atoms with Gasteiger partial charge in [-0.05, 0) is 52.4 Å². The summed E-state index contributed by atoms with van der Waals surface area (Å²) in [6, 6.07) is 29.1. The van der Waals surface area contributed by atoms with Crippen LogP contribution in [0.15, 0.2) is 97.1 Å². The number of hydrogen-bond donors (Lipinski definition) is 2. The van der Waals surface area contributed by atoms with E-state index >= 15 is 0 Å². The van der Waals surface area contributed by atoms with Crippen molar-refractivity contribution in [3.8, 4) is 5.75 Å². The Morgan fingerprint density at radius 1 is 0.935 bits per heavy atom. The number of aliphatic carboxylic acids is 1. The number of methoxy groups -OCH3 is 1. The molecule has 0 saturated carbocycles. The molecular formula is C38H50O7Si. The van der Waals surface area contributed by atoms with E-state index in [1.54, 1.807) is 7.11 Å². The normalized spacial score (nSPS) is 18.6. The lowest BCUT2D eigenvalue weighted by Crippen LogP contribution is -2.66. The Hall–Kier alpha value is -3.27. The average Bonchev–Trinajstić information content (AvgIpc) is 3.01. The zero-order valence-electron chi connectivity index (χ0n) is 27.7. The SMILES string of the molecule is C=C1C[C@H](CC(O)CC(=O)O)O[C@H](C[C@H](CCO[Si](c2ccccc2)(c2ccccc2)C(C)(C)C)OCc2ccc(OC)cc2)C1. The van der Waals surface area contributed by atoms with Gasteiger partial charge < -0.3 is 28.8 Å². The smallest absolute Gasteiger partial charge is 0.305 e. The molecule has 0 amide bonds. The second-order valence-corrected chi connectivity index (χ2v) is 17.6. The molecule has 248 valence electrons. The van der Waals surface area contributed by atoms with Crippen molar-refractivity contribution in [3.05, 3.63) is 103 Å². The molecule has 8 heteroatoms. The molecule has 0 aliphatic carbocycles. The van der Waals surface area contributed by atoms with Gasteiger partial charge in [-0.2, -0.15) is 0 Å². The molecule has 1 fully saturated rings. The van der Waals surface area contributed by atoms with Gasteiger partial charge in [0, 0.05) is 19.4 Å². The van der Waals surface area contributed by atoms with Gasteiger partial charge in [0.05, 0.1) is 44.6 Å². The topological polar surface area (TPSA) is 94.5 Å². The Kier molecular flexibility index (Phi) is 12.8. The maximum atomic E-state index is 11.1. The van der Waals surface area contributed by atoms with Gasteiger partial charge in [0.2, 0.25) is 0 Å². The molecule has 4 rings (SSSR count). The molecule has 3 aromatic carbocycles. The lowest BCUT2D eigenvalue weighted by molar-refractivity contribution is -0.140. The minimum absolute atomic E-state index is 0.136. The van der Waals surface area contributed by atoms with E-state index in [-0.39, 0.29) is 36.2 Å². The van der Waals surface area contributed by atoms with Crippen LogP contribution in [0.1, 0.15) is 64.9 Å². The summed E-state index contributed by atoms with van der Waals surface area (Å²) in [5.41, 5.74) is 2.09. The standard InChI is InChI=1S/C38H50O7Si/c1-28-22-33(24-30(39)25-37(40)41)45-34(23-28)26-32(43-27-29-16-18-31(42-5)19-17-29)20-21-44-46(38(2,3)4,35-12-8-6-9-13-35)36-14-10-7-11-15-36/h6-19,30,32-34,39H,1,20-27H2,2-5H3,(H,40,41)/t30?,32-,33+,34-/m0/s1. The fraction of sp³-hybridized carbons (Fsp3) is 0.447. The zero-order chi connectivity index (χ0) is 33.2. The fourth-order valence-electron chi connectivity index (χ4n) is 6.57. The van der Waals surface area contributed by atoms with Crippen molar-refractivity contribution in [3.63, 3.8) is 0 Å². The minimum Gasteiger partial charge on any atom is -0.497 e. The fourth-order valence-corrected chi connectivity index (χ4v) is 11.1. The summed E-state index contributed by atoms with van der Waals surface area (Å²) in [6.45, 7) is 12.0. The van der Waals surface area contributed by atoms with Crippen molar-refractivity contribution in [1.82, 2.24) is 0 Å². The number of aliphatic hydroxyl groups is 1. The molecule has 0 radical (unpaired) electrons. The Morgan fingerprint density at radius 3 is 2.02 bits per heavy atom. The Morgan fingerprint density at radius 2 is 1.50 bits per heavy atom. The van der Waals surface area contributed by atoms with Crippen molar-refractivity contribution in [2.75, 3.05) is 13.7 Å². The van der Waals surface area contributed by atoms with E-state index in [0.717, 1.165) is 16.9 Å². The summed E-state index contributed by atoms with van der Waals surface area (Å²) in [7, 11) is -1.06. The Bertz CT molecular complexity index is 1330. The van der Waals surface area contributed by atoms with Gasteiger partial charge in [-0.1, -0.05) is 106 Å². The molecule has 3 aromatic rings. The van der Waals surface area contributed by atoms with Gasteiger partial charge >= 0.3 is 5.97 Å². The van der Waals surface area contributed by atoms with E-state index in [2.05, 4.69) is 75.9 Å². The average molecular weight is 647 g/mol. The van der Waals surface area contributed by atoms with Gasteiger partial charge in [0.25, 0.3) is 8.32 Å². The summed E-state index contributed by atoms with van der Waals surface area (Å²) < 4.78 is 25.5. The second-order valence-electron chi connectivity index (χ2n) is 13.3. The quantitative estimate of drug-likeness (QED) is 0.140. The molecule has 1 aliphatic heterocycles. The minimum atomic E-state index is -2.71. The molecule has 4 atom stereocenters. The summed E-state index contributed by atoms with van der Waals surface area (Å²) in [6.07, 6.45) is 1.00. The van der Waals surface area contributed by atoms with Crippen molar-refractivity contribution in [2.24, 2.45) is 0 Å². The highest BCUT2D eigenvalue weighted by atomic mass is 28.4. The third-order valence-electron chi connectivity index (χ3n) is 8.71. The first-order chi connectivity index (χ1) is 22.0. The van der Waals surface area contributed by atoms with Crippen LogP contribution in [0.2, 0.25) is 5.04 Å². The molecule has 1 aliphatic rings. The number of hydrogen-bond acceptors (Lipinski definition) is 6. The number of carboxylic acids is 1. The number of aliphatic hydroxyl groups excluding tert-OH is 1. The van der Waals surface area contributed by atoms with E-state index < -0.39 is 20.4 Å². The number of carbonyl (C=O) groups is 1. The van der Waals surface area contributed by atoms with Crippen molar-refractivity contribution >= 4 is 24.7 Å². The first kappa shape index (κ1) is 35.6. The monoisotopic (exact) mass is 646 g/mol. The summed E-state index contributed by atoms with van der Waals surface area (Å²) in [5, 5.41) is 21.7. The number of benzene rings is 3. The molecule has 1 unspecified atom stereocenters. The molecule has 0 spiro atoms. The van der Waals surface area contributed by atoms with Crippen LogP contribution in [0, 0.1) is 0 Å². The van der Waals surface area contributed by atoms with Crippen LogP contribution < -0.4 is 15.1 Å². The zero-order valence-corrected chi connectivity index (χ0v) is 28.7. The maximum Gasteiger partial charge on any atom is 0.305 e. The predicted octanol–water partition coefficient (Wildman–Crippen LogP) is 6.27. The Labute approximate surface area is 275 Å². The summed E-state index contributed by atoms with van der Waals surface area (Å²) >= 11 is 0. The lowest BCUT2D eigenvalue weighted by Gasteiger charge is -2.43. The van der Waals surface area contributed by atoms with E-state index in [4.69, 9.17) is 23.7 Å². The molecule has 0 bridgehead atoms. The van der Waals surface area contributed by atoms with Crippen LogP contribution in [0.3, 0.4) is 0 Å². The van der Waals surface area contributed by atoms with Gasteiger partial charge in [0.15, 0.2) is 0 Å². The van der Waals surface area contributed by atoms with Crippen LogP contribution in [-0.4, -0.2) is 62.6 Å². The second kappa shape index (κ2) is 16.5. The Balaban J connectivity index is 1.54. The third kappa shape index (κ3) is 9.62. The van der Waals surface area contributed by atoms with E-state index in [1.807, 2.05) is 36.4 Å². The molecule has 1 saturated heterocycles.